The smallest absolute Gasteiger partial charge is 0.193 e. The molecule has 1 fully saturated rings. The fraction of sp³-hybridized carbons (Fsp3) is 0.667. The fourth-order valence-corrected chi connectivity index (χ4v) is 3.63. The van der Waals surface area contributed by atoms with Gasteiger partial charge < -0.3 is 10.2 Å². The monoisotopic (exact) mass is 279 g/mol. The van der Waals surface area contributed by atoms with Gasteiger partial charge in [-0.05, 0) is 36.1 Å². The van der Waals surface area contributed by atoms with Crippen LogP contribution in [0.25, 0.3) is 0 Å². The van der Waals surface area contributed by atoms with E-state index in [0.29, 0.717) is 0 Å². The lowest BCUT2D eigenvalue weighted by atomic mass is 9.92. The number of guanidine groups is 1. The van der Waals surface area contributed by atoms with Crippen molar-refractivity contribution in [1.29, 1.82) is 0 Å². The van der Waals surface area contributed by atoms with E-state index in [1.807, 2.05) is 18.4 Å². The number of hydrogen-bond donors (Lipinski definition) is 1. The van der Waals surface area contributed by atoms with Gasteiger partial charge in [0, 0.05) is 31.6 Å². The molecule has 0 amide bonds. The molecular formula is C15H25N3S. The molecule has 2 heterocycles. The van der Waals surface area contributed by atoms with Crippen molar-refractivity contribution >= 4 is 17.3 Å². The molecule has 0 aromatic carbocycles. The molecule has 1 aromatic heterocycles. The Morgan fingerprint density at radius 3 is 2.74 bits per heavy atom. The molecule has 1 N–H and O–H groups in total. The van der Waals surface area contributed by atoms with Crippen LogP contribution < -0.4 is 5.32 Å². The maximum absolute atomic E-state index is 4.43. The maximum atomic E-state index is 4.43. The largest absolute Gasteiger partial charge is 0.356 e. The minimum absolute atomic E-state index is 0.764. The Morgan fingerprint density at radius 2 is 2.16 bits per heavy atom. The SMILES string of the molecule is CN=C(NCCc1cccs1)N1CC(C)CC(C)C1. The van der Waals surface area contributed by atoms with E-state index >= 15 is 0 Å². The van der Waals surface area contributed by atoms with Gasteiger partial charge >= 0.3 is 0 Å². The van der Waals surface area contributed by atoms with E-state index in [1.165, 1.54) is 11.3 Å². The van der Waals surface area contributed by atoms with Crippen LogP contribution in [0.1, 0.15) is 25.1 Å². The molecule has 1 saturated heterocycles. The summed E-state index contributed by atoms with van der Waals surface area (Å²) in [4.78, 5) is 8.28. The van der Waals surface area contributed by atoms with Crippen LogP contribution in [-0.4, -0.2) is 37.5 Å². The first kappa shape index (κ1) is 14.4. The van der Waals surface area contributed by atoms with Crippen molar-refractivity contribution in [3.05, 3.63) is 22.4 Å². The van der Waals surface area contributed by atoms with E-state index in [9.17, 15) is 0 Å². The number of aliphatic imine (C=N–C) groups is 1. The molecule has 3 nitrogen and oxygen atoms in total. The van der Waals surface area contributed by atoms with E-state index in [0.717, 1.165) is 43.9 Å². The summed E-state index contributed by atoms with van der Waals surface area (Å²) in [6.07, 6.45) is 2.42. The van der Waals surface area contributed by atoms with Gasteiger partial charge in [-0.15, -0.1) is 11.3 Å². The number of hydrogen-bond acceptors (Lipinski definition) is 2. The quantitative estimate of drug-likeness (QED) is 0.680. The van der Waals surface area contributed by atoms with Gasteiger partial charge in [-0.1, -0.05) is 19.9 Å². The molecule has 0 aliphatic carbocycles. The molecule has 0 radical (unpaired) electrons. The van der Waals surface area contributed by atoms with Gasteiger partial charge in [-0.3, -0.25) is 4.99 Å². The predicted octanol–water partition coefficient (Wildman–Crippen LogP) is 2.84. The summed E-state index contributed by atoms with van der Waals surface area (Å²) in [6, 6.07) is 4.31. The third-order valence-corrected chi connectivity index (χ3v) is 4.55. The normalized spacial score (nSPS) is 24.6. The van der Waals surface area contributed by atoms with E-state index in [1.54, 1.807) is 0 Å². The van der Waals surface area contributed by atoms with Crippen molar-refractivity contribution in [2.75, 3.05) is 26.7 Å². The third-order valence-electron chi connectivity index (χ3n) is 3.61. The van der Waals surface area contributed by atoms with Gasteiger partial charge in [-0.2, -0.15) is 0 Å². The van der Waals surface area contributed by atoms with Gasteiger partial charge in [0.25, 0.3) is 0 Å². The summed E-state index contributed by atoms with van der Waals surface area (Å²) in [7, 11) is 1.89. The Labute approximate surface area is 120 Å². The highest BCUT2D eigenvalue weighted by atomic mass is 32.1. The average molecular weight is 279 g/mol. The van der Waals surface area contributed by atoms with Crippen LogP contribution in [0.2, 0.25) is 0 Å². The minimum Gasteiger partial charge on any atom is -0.356 e. The molecule has 2 unspecified atom stereocenters. The molecular weight excluding hydrogens is 254 g/mol. The van der Waals surface area contributed by atoms with Crippen molar-refractivity contribution in [3.63, 3.8) is 0 Å². The summed E-state index contributed by atoms with van der Waals surface area (Å²) in [5, 5.41) is 5.64. The number of nitrogens with zero attached hydrogens (tertiary/aromatic N) is 2. The van der Waals surface area contributed by atoms with Crippen LogP contribution in [0, 0.1) is 11.8 Å². The van der Waals surface area contributed by atoms with E-state index in [4.69, 9.17) is 0 Å². The highest BCUT2D eigenvalue weighted by molar-refractivity contribution is 7.09. The Kier molecular flexibility index (Phi) is 5.25. The van der Waals surface area contributed by atoms with Gasteiger partial charge in [0.2, 0.25) is 0 Å². The van der Waals surface area contributed by atoms with Crippen LogP contribution in [0.4, 0.5) is 0 Å². The number of rotatable bonds is 3. The maximum Gasteiger partial charge on any atom is 0.193 e. The molecule has 1 aliphatic heterocycles. The molecule has 19 heavy (non-hydrogen) atoms. The molecule has 0 spiro atoms. The van der Waals surface area contributed by atoms with Crippen LogP contribution in [-0.2, 0) is 6.42 Å². The fourth-order valence-electron chi connectivity index (χ4n) is 2.92. The van der Waals surface area contributed by atoms with E-state index in [-0.39, 0.29) is 0 Å². The Bertz CT molecular complexity index is 390. The zero-order chi connectivity index (χ0) is 13.7. The molecule has 1 aliphatic rings. The van der Waals surface area contributed by atoms with Crippen molar-refractivity contribution in [2.24, 2.45) is 16.8 Å². The van der Waals surface area contributed by atoms with Crippen molar-refractivity contribution < 1.29 is 0 Å². The first-order valence-electron chi connectivity index (χ1n) is 7.17. The summed E-state index contributed by atoms with van der Waals surface area (Å²) < 4.78 is 0. The number of piperidine rings is 1. The van der Waals surface area contributed by atoms with Crippen molar-refractivity contribution in [2.45, 2.75) is 26.7 Å². The molecule has 2 rings (SSSR count). The van der Waals surface area contributed by atoms with Crippen LogP contribution in [0.5, 0.6) is 0 Å². The topological polar surface area (TPSA) is 27.6 Å². The van der Waals surface area contributed by atoms with Crippen LogP contribution in [0.3, 0.4) is 0 Å². The first-order chi connectivity index (χ1) is 9.19. The number of nitrogens with one attached hydrogen (secondary N) is 1. The predicted molar refractivity (Wildman–Crippen MR) is 83.9 cm³/mol. The molecule has 1 aromatic rings. The van der Waals surface area contributed by atoms with E-state index < -0.39 is 0 Å². The lowest BCUT2D eigenvalue weighted by Crippen LogP contribution is -2.48. The molecule has 106 valence electrons. The summed E-state index contributed by atoms with van der Waals surface area (Å²) >= 11 is 1.83. The number of likely N-dealkylation sites (tertiary alicyclic amines) is 1. The Hall–Kier alpha value is -1.03. The van der Waals surface area contributed by atoms with Crippen molar-refractivity contribution in [1.82, 2.24) is 10.2 Å². The summed E-state index contributed by atoms with van der Waals surface area (Å²) in [5.41, 5.74) is 0. The molecule has 4 heteroatoms. The summed E-state index contributed by atoms with van der Waals surface area (Å²) in [6.45, 7) is 7.89. The van der Waals surface area contributed by atoms with E-state index in [2.05, 4.69) is 46.6 Å². The zero-order valence-corrected chi connectivity index (χ0v) is 13.0. The standard InChI is InChI=1S/C15H25N3S/c1-12-9-13(2)11-18(10-12)15(16-3)17-7-6-14-5-4-8-19-14/h4-5,8,12-13H,6-7,9-11H2,1-3H3,(H,16,17). The van der Waals surface area contributed by atoms with Gasteiger partial charge in [0.05, 0.1) is 0 Å². The lowest BCUT2D eigenvalue weighted by Gasteiger charge is -2.37. The second kappa shape index (κ2) is 6.94. The second-order valence-electron chi connectivity index (χ2n) is 5.65. The third kappa shape index (κ3) is 4.23. The Morgan fingerprint density at radius 1 is 1.42 bits per heavy atom. The number of thiophene rings is 1. The zero-order valence-electron chi connectivity index (χ0n) is 12.2. The highest BCUT2D eigenvalue weighted by Crippen LogP contribution is 2.20. The van der Waals surface area contributed by atoms with Crippen molar-refractivity contribution in [3.8, 4) is 0 Å². The Balaban J connectivity index is 1.82. The molecule has 0 bridgehead atoms. The van der Waals surface area contributed by atoms with Gasteiger partial charge in [-0.25, -0.2) is 0 Å². The van der Waals surface area contributed by atoms with Gasteiger partial charge in [0.15, 0.2) is 5.96 Å². The molecule has 2 atom stereocenters. The van der Waals surface area contributed by atoms with Crippen LogP contribution in [0.15, 0.2) is 22.5 Å². The minimum atomic E-state index is 0.764. The second-order valence-corrected chi connectivity index (χ2v) is 6.69. The molecule has 0 saturated carbocycles. The van der Waals surface area contributed by atoms with Crippen LogP contribution >= 0.6 is 11.3 Å². The average Bonchev–Trinajstić information content (AvgIpc) is 2.86. The highest BCUT2D eigenvalue weighted by Gasteiger charge is 2.23. The van der Waals surface area contributed by atoms with Gasteiger partial charge in [0.1, 0.15) is 0 Å². The first-order valence-corrected chi connectivity index (χ1v) is 8.05. The lowest BCUT2D eigenvalue weighted by molar-refractivity contribution is 0.208. The summed E-state index contributed by atoms with van der Waals surface area (Å²) in [5.74, 6) is 2.59.